The summed E-state index contributed by atoms with van der Waals surface area (Å²) in [5.74, 6) is 1.58. The summed E-state index contributed by atoms with van der Waals surface area (Å²) in [5, 5.41) is 3.24. The van der Waals surface area contributed by atoms with E-state index in [0.717, 1.165) is 12.2 Å². The van der Waals surface area contributed by atoms with E-state index in [4.69, 9.17) is 10.5 Å². The monoisotopic (exact) mass is 235 g/mol. The zero-order chi connectivity index (χ0) is 12.3. The maximum Gasteiger partial charge on any atom is 0.180 e. The highest BCUT2D eigenvalue weighted by molar-refractivity contribution is 5.64. The molecule has 0 radical (unpaired) electrons. The van der Waals surface area contributed by atoms with E-state index in [1.807, 2.05) is 10.6 Å². The minimum atomic E-state index is 0.401. The molecule has 0 spiro atoms. The van der Waals surface area contributed by atoms with Gasteiger partial charge in [0.1, 0.15) is 5.82 Å². The summed E-state index contributed by atoms with van der Waals surface area (Å²) in [4.78, 5) is 8.48. The molecule has 6 heteroatoms. The molecule has 0 bridgehead atoms. The Morgan fingerprint density at radius 2 is 2.41 bits per heavy atom. The number of hydrogen-bond acceptors (Lipinski definition) is 5. The molecule has 0 aromatic carbocycles. The van der Waals surface area contributed by atoms with Gasteiger partial charge in [-0.25, -0.2) is 9.97 Å². The first-order valence-corrected chi connectivity index (χ1v) is 5.52. The number of nitrogens with one attached hydrogen (secondary N) is 1. The number of nitrogens with zero attached hydrogens (tertiary/aromatic N) is 3. The van der Waals surface area contributed by atoms with Gasteiger partial charge in [-0.05, 0) is 5.92 Å². The number of anilines is 2. The third kappa shape index (κ3) is 2.65. The second-order valence-electron chi connectivity index (χ2n) is 4.11. The van der Waals surface area contributed by atoms with Gasteiger partial charge in [-0.1, -0.05) is 6.92 Å². The summed E-state index contributed by atoms with van der Waals surface area (Å²) in [6, 6.07) is 0. The van der Waals surface area contributed by atoms with E-state index in [2.05, 4.69) is 22.2 Å². The van der Waals surface area contributed by atoms with Gasteiger partial charge in [0.05, 0.1) is 12.8 Å². The van der Waals surface area contributed by atoms with E-state index in [1.165, 1.54) is 0 Å². The van der Waals surface area contributed by atoms with Crippen molar-refractivity contribution >= 4 is 17.3 Å². The lowest BCUT2D eigenvalue weighted by atomic mass is 10.2. The lowest BCUT2D eigenvalue weighted by Crippen LogP contribution is -2.17. The first-order chi connectivity index (χ1) is 8.20. The fraction of sp³-hybridized carbons (Fsp3) is 0.455. The van der Waals surface area contributed by atoms with Gasteiger partial charge in [-0.15, -0.1) is 0 Å². The summed E-state index contributed by atoms with van der Waals surface area (Å²) >= 11 is 0. The number of methoxy groups -OCH3 is 1. The van der Waals surface area contributed by atoms with Gasteiger partial charge >= 0.3 is 0 Å². The van der Waals surface area contributed by atoms with E-state index < -0.39 is 0 Å². The molecule has 0 aliphatic rings. The number of nitrogen functional groups attached to an aromatic ring is 1. The standard InChI is InChI=1S/C11H17N5O/c1-8(7-17-2)5-14-10-11-13-3-4-16(11)6-9(12)15-10/h3-4,6,8H,5,7,12H2,1-2H3,(H,14,15). The van der Waals surface area contributed by atoms with Crippen LogP contribution in [0.25, 0.3) is 5.65 Å². The molecular formula is C11H17N5O. The summed E-state index contributed by atoms with van der Waals surface area (Å²) in [6.45, 7) is 3.58. The summed E-state index contributed by atoms with van der Waals surface area (Å²) in [7, 11) is 1.70. The summed E-state index contributed by atoms with van der Waals surface area (Å²) in [5.41, 5.74) is 6.51. The first kappa shape index (κ1) is 11.7. The number of imidazole rings is 1. The predicted molar refractivity (Wildman–Crippen MR) is 66.9 cm³/mol. The Bertz CT molecular complexity index is 496. The molecule has 0 saturated carbocycles. The van der Waals surface area contributed by atoms with Crippen molar-refractivity contribution in [1.82, 2.24) is 14.4 Å². The molecule has 0 aliphatic heterocycles. The molecule has 2 heterocycles. The number of hydrogen-bond donors (Lipinski definition) is 2. The van der Waals surface area contributed by atoms with Crippen LogP contribution in [0.4, 0.5) is 11.6 Å². The Kier molecular flexibility index (Phi) is 3.43. The topological polar surface area (TPSA) is 77.5 Å². The lowest BCUT2D eigenvalue weighted by Gasteiger charge is -2.12. The van der Waals surface area contributed by atoms with E-state index in [0.29, 0.717) is 24.2 Å². The lowest BCUT2D eigenvalue weighted by molar-refractivity contribution is 0.164. The van der Waals surface area contributed by atoms with Crippen LogP contribution in [-0.2, 0) is 4.74 Å². The van der Waals surface area contributed by atoms with Crippen molar-refractivity contribution in [2.24, 2.45) is 5.92 Å². The molecule has 1 atom stereocenters. The average Bonchev–Trinajstić information content (AvgIpc) is 2.74. The third-order valence-electron chi connectivity index (χ3n) is 2.46. The highest BCUT2D eigenvalue weighted by Crippen LogP contribution is 2.14. The Morgan fingerprint density at radius 3 is 3.18 bits per heavy atom. The van der Waals surface area contributed by atoms with Gasteiger partial charge in [0.25, 0.3) is 0 Å². The SMILES string of the molecule is COCC(C)CNc1nc(N)cn2ccnc12. The van der Waals surface area contributed by atoms with Crippen LogP contribution in [0.3, 0.4) is 0 Å². The van der Waals surface area contributed by atoms with Crippen LogP contribution in [0.15, 0.2) is 18.6 Å². The highest BCUT2D eigenvalue weighted by Gasteiger charge is 2.07. The van der Waals surface area contributed by atoms with Crippen LogP contribution >= 0.6 is 0 Å². The van der Waals surface area contributed by atoms with Crippen LogP contribution in [0.1, 0.15) is 6.92 Å². The Labute approximate surface area is 99.8 Å². The fourth-order valence-corrected chi connectivity index (χ4v) is 1.68. The number of aromatic nitrogens is 3. The number of ether oxygens (including phenoxy) is 1. The summed E-state index contributed by atoms with van der Waals surface area (Å²) in [6.07, 6.45) is 5.31. The number of nitrogens with two attached hydrogens (primary N) is 1. The smallest absolute Gasteiger partial charge is 0.180 e. The Morgan fingerprint density at radius 1 is 1.59 bits per heavy atom. The molecule has 0 amide bonds. The van der Waals surface area contributed by atoms with E-state index in [1.54, 1.807) is 19.5 Å². The van der Waals surface area contributed by atoms with Crippen molar-refractivity contribution in [2.45, 2.75) is 6.92 Å². The normalized spacial score (nSPS) is 12.8. The van der Waals surface area contributed by atoms with Crippen molar-refractivity contribution in [1.29, 1.82) is 0 Å². The molecule has 2 rings (SSSR count). The average molecular weight is 235 g/mol. The van der Waals surface area contributed by atoms with Gasteiger partial charge in [0, 0.05) is 26.0 Å². The first-order valence-electron chi connectivity index (χ1n) is 5.52. The predicted octanol–water partition coefficient (Wildman–Crippen LogP) is 1.01. The molecular weight excluding hydrogens is 218 g/mol. The van der Waals surface area contributed by atoms with E-state index >= 15 is 0 Å². The molecule has 2 aromatic heterocycles. The maximum absolute atomic E-state index is 5.72. The van der Waals surface area contributed by atoms with Crippen LogP contribution in [0.5, 0.6) is 0 Å². The van der Waals surface area contributed by atoms with Crippen molar-refractivity contribution in [2.75, 3.05) is 31.3 Å². The minimum Gasteiger partial charge on any atom is -0.384 e. The van der Waals surface area contributed by atoms with Crippen LogP contribution in [0, 0.1) is 5.92 Å². The van der Waals surface area contributed by atoms with Crippen molar-refractivity contribution < 1.29 is 4.74 Å². The van der Waals surface area contributed by atoms with Gasteiger partial charge in [0.15, 0.2) is 11.5 Å². The summed E-state index contributed by atoms with van der Waals surface area (Å²) < 4.78 is 6.94. The second-order valence-corrected chi connectivity index (χ2v) is 4.11. The Hall–Kier alpha value is -1.82. The largest absolute Gasteiger partial charge is 0.384 e. The molecule has 92 valence electrons. The Balaban J connectivity index is 2.14. The van der Waals surface area contributed by atoms with Crippen molar-refractivity contribution in [3.8, 4) is 0 Å². The van der Waals surface area contributed by atoms with Crippen LogP contribution < -0.4 is 11.1 Å². The molecule has 1 unspecified atom stereocenters. The number of rotatable bonds is 5. The van der Waals surface area contributed by atoms with Crippen LogP contribution in [-0.4, -0.2) is 34.6 Å². The molecule has 0 saturated heterocycles. The molecule has 3 N–H and O–H groups in total. The quantitative estimate of drug-likeness (QED) is 0.808. The van der Waals surface area contributed by atoms with E-state index in [-0.39, 0.29) is 0 Å². The zero-order valence-corrected chi connectivity index (χ0v) is 10.1. The van der Waals surface area contributed by atoms with Gasteiger partial charge in [-0.3, -0.25) is 0 Å². The maximum atomic E-state index is 5.72. The molecule has 0 aliphatic carbocycles. The van der Waals surface area contributed by atoms with Gasteiger partial charge < -0.3 is 20.2 Å². The molecule has 17 heavy (non-hydrogen) atoms. The fourth-order valence-electron chi connectivity index (χ4n) is 1.68. The minimum absolute atomic E-state index is 0.401. The molecule has 2 aromatic rings. The zero-order valence-electron chi connectivity index (χ0n) is 10.1. The van der Waals surface area contributed by atoms with Crippen LogP contribution in [0.2, 0.25) is 0 Å². The van der Waals surface area contributed by atoms with E-state index in [9.17, 15) is 0 Å². The molecule has 6 nitrogen and oxygen atoms in total. The van der Waals surface area contributed by atoms with Crippen molar-refractivity contribution in [3.05, 3.63) is 18.6 Å². The van der Waals surface area contributed by atoms with Crippen molar-refractivity contribution in [3.63, 3.8) is 0 Å². The van der Waals surface area contributed by atoms with Gasteiger partial charge in [-0.2, -0.15) is 0 Å². The second kappa shape index (κ2) is 5.01. The number of fused-ring (bicyclic) bond motifs is 1. The van der Waals surface area contributed by atoms with Gasteiger partial charge in [0.2, 0.25) is 0 Å². The molecule has 0 fully saturated rings. The third-order valence-corrected chi connectivity index (χ3v) is 2.46. The highest BCUT2D eigenvalue weighted by atomic mass is 16.5.